The third kappa shape index (κ3) is 2.68. The maximum atomic E-state index is 14.9. The van der Waals surface area contributed by atoms with Gasteiger partial charge in [0.2, 0.25) is 6.23 Å². The predicted molar refractivity (Wildman–Crippen MR) is 84.7 cm³/mol. The number of para-hydroxylation sites is 2. The Balaban J connectivity index is 1.94. The Labute approximate surface area is 133 Å². The topological polar surface area (TPSA) is 32.7 Å². The van der Waals surface area contributed by atoms with Gasteiger partial charge in [-0.2, -0.15) is 8.78 Å². The average Bonchev–Trinajstić information content (AvgIpc) is 2.95. The largest absolute Gasteiger partial charge is 0.462 e. The van der Waals surface area contributed by atoms with Crippen molar-refractivity contribution < 1.29 is 18.6 Å². The minimum absolute atomic E-state index is 0.149. The van der Waals surface area contributed by atoms with E-state index >= 15 is 0 Å². The van der Waals surface area contributed by atoms with Crippen LogP contribution in [0.3, 0.4) is 0 Å². The van der Waals surface area contributed by atoms with Gasteiger partial charge in [0, 0.05) is 6.54 Å². The number of aliphatic hydroxyl groups excluding tert-OH is 1. The van der Waals surface area contributed by atoms with Crippen molar-refractivity contribution in [2.24, 2.45) is 0 Å². The number of halogens is 2. The van der Waals surface area contributed by atoms with Gasteiger partial charge in [-0.05, 0) is 17.7 Å². The monoisotopic (exact) mass is 317 g/mol. The van der Waals surface area contributed by atoms with Crippen molar-refractivity contribution >= 4 is 5.69 Å². The van der Waals surface area contributed by atoms with Crippen LogP contribution < -0.4 is 9.64 Å². The van der Waals surface area contributed by atoms with E-state index in [1.54, 1.807) is 42.5 Å². The van der Waals surface area contributed by atoms with Gasteiger partial charge >= 0.3 is 5.92 Å². The molecule has 2 atom stereocenters. The summed E-state index contributed by atoms with van der Waals surface area (Å²) in [6.07, 6.45) is -2.02. The standard InChI is InChI=1S/C18H17F2NO2/c1-2-12-21-14-10-6-7-11-15(14)23-17(21)18(19,20)16(22)13-8-4-3-5-9-13/h2-11,16-17,22H,1,12H2. The number of nitrogens with zero attached hydrogens (tertiary/aromatic N) is 1. The van der Waals surface area contributed by atoms with Crippen molar-refractivity contribution in [3.63, 3.8) is 0 Å². The molecule has 0 radical (unpaired) electrons. The maximum absolute atomic E-state index is 14.9. The molecule has 1 N–H and O–H groups in total. The molecule has 2 aromatic rings. The van der Waals surface area contributed by atoms with Crippen molar-refractivity contribution in [2.75, 3.05) is 11.4 Å². The lowest BCUT2D eigenvalue weighted by atomic mass is 10.0. The summed E-state index contributed by atoms with van der Waals surface area (Å²) in [7, 11) is 0. The zero-order valence-corrected chi connectivity index (χ0v) is 12.4. The lowest BCUT2D eigenvalue weighted by Gasteiger charge is -2.33. The zero-order valence-electron chi connectivity index (χ0n) is 12.4. The second kappa shape index (κ2) is 6.01. The average molecular weight is 317 g/mol. The molecule has 2 aromatic carbocycles. The first-order valence-electron chi connectivity index (χ1n) is 7.29. The van der Waals surface area contributed by atoms with Gasteiger partial charge in [-0.3, -0.25) is 0 Å². The van der Waals surface area contributed by atoms with Gasteiger partial charge in [0.25, 0.3) is 0 Å². The van der Waals surface area contributed by atoms with Crippen molar-refractivity contribution in [2.45, 2.75) is 18.3 Å². The Kier molecular flexibility index (Phi) is 4.05. The van der Waals surface area contributed by atoms with E-state index in [1.807, 2.05) is 0 Å². The molecule has 0 bridgehead atoms. The molecule has 0 amide bonds. The molecule has 0 aromatic heterocycles. The van der Waals surface area contributed by atoms with E-state index in [0.29, 0.717) is 11.4 Å². The number of hydrogen-bond acceptors (Lipinski definition) is 3. The van der Waals surface area contributed by atoms with Crippen LogP contribution in [0.25, 0.3) is 0 Å². The number of aliphatic hydroxyl groups is 1. The Morgan fingerprint density at radius 3 is 2.52 bits per heavy atom. The van der Waals surface area contributed by atoms with E-state index in [-0.39, 0.29) is 12.1 Å². The second-order valence-corrected chi connectivity index (χ2v) is 5.37. The van der Waals surface area contributed by atoms with Crippen LogP contribution in [0.5, 0.6) is 5.75 Å². The van der Waals surface area contributed by atoms with E-state index in [2.05, 4.69) is 6.58 Å². The Hall–Kier alpha value is -2.40. The molecule has 1 aliphatic heterocycles. The van der Waals surface area contributed by atoms with Gasteiger partial charge < -0.3 is 14.7 Å². The molecule has 1 aliphatic rings. The number of hydrogen-bond donors (Lipinski definition) is 1. The van der Waals surface area contributed by atoms with Crippen LogP contribution in [0.1, 0.15) is 11.7 Å². The molecular weight excluding hydrogens is 300 g/mol. The first-order valence-corrected chi connectivity index (χ1v) is 7.29. The van der Waals surface area contributed by atoms with Gasteiger partial charge in [0.1, 0.15) is 11.9 Å². The summed E-state index contributed by atoms with van der Waals surface area (Å²) in [6, 6.07) is 14.7. The molecule has 120 valence electrons. The SMILES string of the molecule is C=CCN1c2ccccc2OC1C(F)(F)C(O)c1ccccc1. The summed E-state index contributed by atoms with van der Waals surface area (Å²) in [6.45, 7) is 3.81. The van der Waals surface area contributed by atoms with Crippen molar-refractivity contribution in [1.29, 1.82) is 0 Å². The molecule has 0 aliphatic carbocycles. The molecule has 5 heteroatoms. The number of alkyl halides is 2. The van der Waals surface area contributed by atoms with E-state index < -0.39 is 18.3 Å². The molecular formula is C18H17F2NO2. The number of ether oxygens (including phenoxy) is 1. The minimum atomic E-state index is -3.50. The first-order chi connectivity index (χ1) is 11.1. The van der Waals surface area contributed by atoms with Crippen LogP contribution in [0.15, 0.2) is 67.3 Å². The fourth-order valence-electron chi connectivity index (χ4n) is 2.72. The highest BCUT2D eigenvalue weighted by Gasteiger charge is 2.54. The zero-order chi connectivity index (χ0) is 16.4. The van der Waals surface area contributed by atoms with E-state index in [9.17, 15) is 13.9 Å². The summed E-state index contributed by atoms with van der Waals surface area (Å²) in [4.78, 5) is 1.41. The number of fused-ring (bicyclic) bond motifs is 1. The molecule has 0 fully saturated rings. The van der Waals surface area contributed by atoms with Crippen molar-refractivity contribution in [3.8, 4) is 5.75 Å². The van der Waals surface area contributed by atoms with Crippen LogP contribution in [0, 0.1) is 0 Å². The summed E-state index contributed by atoms with van der Waals surface area (Å²) in [5.74, 6) is -3.12. The van der Waals surface area contributed by atoms with Crippen LogP contribution in [0.4, 0.5) is 14.5 Å². The fourth-order valence-corrected chi connectivity index (χ4v) is 2.72. The number of benzene rings is 2. The van der Waals surface area contributed by atoms with Crippen molar-refractivity contribution in [1.82, 2.24) is 0 Å². The summed E-state index contributed by atoms with van der Waals surface area (Å²) < 4.78 is 35.2. The Morgan fingerprint density at radius 2 is 1.83 bits per heavy atom. The summed E-state index contributed by atoms with van der Waals surface area (Å²) in [5, 5.41) is 10.2. The normalized spacial score (nSPS) is 18.2. The Morgan fingerprint density at radius 1 is 1.17 bits per heavy atom. The van der Waals surface area contributed by atoms with E-state index in [4.69, 9.17) is 4.74 Å². The lowest BCUT2D eigenvalue weighted by Crippen LogP contribution is -2.51. The molecule has 0 saturated heterocycles. The quantitative estimate of drug-likeness (QED) is 0.852. The molecule has 1 heterocycles. The molecule has 0 saturated carbocycles. The third-order valence-corrected chi connectivity index (χ3v) is 3.83. The molecule has 3 rings (SSSR count). The van der Waals surface area contributed by atoms with Crippen LogP contribution in [-0.4, -0.2) is 23.8 Å². The third-order valence-electron chi connectivity index (χ3n) is 3.83. The van der Waals surface area contributed by atoms with Crippen molar-refractivity contribution in [3.05, 3.63) is 72.8 Å². The molecule has 3 nitrogen and oxygen atoms in total. The van der Waals surface area contributed by atoms with Gasteiger partial charge in [-0.1, -0.05) is 48.5 Å². The summed E-state index contributed by atoms with van der Waals surface area (Å²) in [5.41, 5.74) is 0.716. The number of anilines is 1. The highest BCUT2D eigenvalue weighted by Crippen LogP contribution is 2.45. The minimum Gasteiger partial charge on any atom is -0.462 e. The fraction of sp³-hybridized carbons (Fsp3) is 0.222. The lowest BCUT2D eigenvalue weighted by molar-refractivity contribution is -0.166. The highest BCUT2D eigenvalue weighted by atomic mass is 19.3. The highest BCUT2D eigenvalue weighted by molar-refractivity contribution is 5.63. The molecule has 0 spiro atoms. The van der Waals surface area contributed by atoms with Crippen LogP contribution >= 0.6 is 0 Å². The first kappa shape index (κ1) is 15.5. The summed E-state index contributed by atoms with van der Waals surface area (Å²) >= 11 is 0. The van der Waals surface area contributed by atoms with Gasteiger partial charge in [0.15, 0.2) is 0 Å². The van der Waals surface area contributed by atoms with Crippen LogP contribution in [-0.2, 0) is 0 Å². The number of rotatable bonds is 5. The van der Waals surface area contributed by atoms with Gasteiger partial charge in [-0.15, -0.1) is 6.58 Å². The molecule has 2 unspecified atom stereocenters. The maximum Gasteiger partial charge on any atom is 0.332 e. The predicted octanol–water partition coefficient (Wildman–Crippen LogP) is 3.77. The second-order valence-electron chi connectivity index (χ2n) is 5.37. The van der Waals surface area contributed by atoms with Crippen LogP contribution in [0.2, 0.25) is 0 Å². The van der Waals surface area contributed by atoms with Gasteiger partial charge in [-0.25, -0.2) is 0 Å². The smallest absolute Gasteiger partial charge is 0.332 e. The van der Waals surface area contributed by atoms with Gasteiger partial charge in [0.05, 0.1) is 5.69 Å². The molecule has 23 heavy (non-hydrogen) atoms. The Bertz CT molecular complexity index is 690. The van der Waals surface area contributed by atoms with E-state index in [0.717, 1.165) is 0 Å². The van der Waals surface area contributed by atoms with E-state index in [1.165, 1.54) is 23.1 Å².